The molecule has 0 radical (unpaired) electrons. The van der Waals surface area contributed by atoms with Crippen LogP contribution < -0.4 is 4.74 Å². The van der Waals surface area contributed by atoms with E-state index in [0.29, 0.717) is 6.61 Å². The fourth-order valence-electron chi connectivity index (χ4n) is 2.36. The molecule has 1 aliphatic heterocycles. The number of hydrogen-bond donors (Lipinski definition) is 0. The molecule has 1 aliphatic rings. The zero-order valence-corrected chi connectivity index (χ0v) is 13.8. The molecule has 1 aromatic carbocycles. The van der Waals surface area contributed by atoms with Crippen LogP contribution >= 0.6 is 34.7 Å². The molecule has 1 atom stereocenters. The van der Waals surface area contributed by atoms with Crippen molar-refractivity contribution < 1.29 is 4.74 Å². The summed E-state index contributed by atoms with van der Waals surface area (Å²) in [7, 11) is 0. The number of thioether (sulfide) groups is 1. The predicted octanol–water partition coefficient (Wildman–Crippen LogP) is 5.26. The van der Waals surface area contributed by atoms with Gasteiger partial charge in [-0.2, -0.15) is 11.8 Å². The molecule has 0 N–H and O–H groups in total. The Morgan fingerprint density at radius 3 is 2.80 bits per heavy atom. The summed E-state index contributed by atoms with van der Waals surface area (Å²) in [5.74, 6) is 3.28. The first-order valence-electron chi connectivity index (χ1n) is 6.84. The maximum atomic E-state index is 6.64. The highest BCUT2D eigenvalue weighted by atomic mass is 35.5. The Balaban J connectivity index is 1.80. The molecule has 2 aromatic rings. The number of rotatable bonds is 4. The van der Waals surface area contributed by atoms with Crippen LogP contribution in [0.15, 0.2) is 30.3 Å². The van der Waals surface area contributed by atoms with E-state index in [1.54, 1.807) is 0 Å². The molecule has 20 heavy (non-hydrogen) atoms. The van der Waals surface area contributed by atoms with Crippen LogP contribution in [0.25, 0.3) is 0 Å². The lowest BCUT2D eigenvalue weighted by atomic mass is 10.1. The Labute approximate surface area is 133 Å². The van der Waals surface area contributed by atoms with E-state index in [-0.39, 0.29) is 5.38 Å². The second-order valence-corrected chi connectivity index (χ2v) is 7.47. The fraction of sp³-hybridized carbons (Fsp3) is 0.375. The maximum absolute atomic E-state index is 6.64. The second kappa shape index (κ2) is 6.42. The highest BCUT2D eigenvalue weighted by molar-refractivity contribution is 7.98. The van der Waals surface area contributed by atoms with Gasteiger partial charge in [0.15, 0.2) is 0 Å². The van der Waals surface area contributed by atoms with Crippen molar-refractivity contribution in [3.63, 3.8) is 0 Å². The van der Waals surface area contributed by atoms with Crippen LogP contribution in [0, 0.1) is 0 Å². The Hall–Kier alpha value is -0.640. The predicted molar refractivity (Wildman–Crippen MR) is 89.5 cm³/mol. The molecular weight excluding hydrogens is 308 g/mol. The van der Waals surface area contributed by atoms with E-state index in [1.807, 2.05) is 42.2 Å². The van der Waals surface area contributed by atoms with Crippen LogP contribution in [0.1, 0.15) is 33.2 Å². The first kappa shape index (κ1) is 14.3. The van der Waals surface area contributed by atoms with Gasteiger partial charge in [-0.05, 0) is 48.4 Å². The first-order chi connectivity index (χ1) is 9.78. The number of ether oxygens (including phenoxy) is 1. The maximum Gasteiger partial charge on any atom is 0.119 e. The monoisotopic (exact) mass is 324 g/mol. The number of thiophene rings is 1. The summed E-state index contributed by atoms with van der Waals surface area (Å²) < 4.78 is 5.47. The van der Waals surface area contributed by atoms with E-state index in [1.165, 1.54) is 27.5 Å². The molecular formula is C16H17ClOS2. The summed E-state index contributed by atoms with van der Waals surface area (Å²) >= 11 is 10.5. The zero-order valence-electron chi connectivity index (χ0n) is 11.4. The van der Waals surface area contributed by atoms with E-state index in [4.69, 9.17) is 16.3 Å². The van der Waals surface area contributed by atoms with Gasteiger partial charge in [-0.15, -0.1) is 22.9 Å². The van der Waals surface area contributed by atoms with E-state index < -0.39 is 0 Å². The van der Waals surface area contributed by atoms with Crippen molar-refractivity contribution in [2.45, 2.75) is 24.5 Å². The molecule has 1 nitrogen and oxygen atoms in total. The van der Waals surface area contributed by atoms with Gasteiger partial charge in [0.25, 0.3) is 0 Å². The number of hydrogen-bond acceptors (Lipinski definition) is 3. The van der Waals surface area contributed by atoms with Crippen LogP contribution in [0.5, 0.6) is 5.75 Å². The van der Waals surface area contributed by atoms with Gasteiger partial charge in [0.2, 0.25) is 0 Å². The summed E-state index contributed by atoms with van der Waals surface area (Å²) in [4.78, 5) is 2.79. The van der Waals surface area contributed by atoms with Crippen LogP contribution in [0.4, 0.5) is 0 Å². The lowest BCUT2D eigenvalue weighted by molar-refractivity contribution is 0.340. The van der Waals surface area contributed by atoms with Crippen LogP contribution in [0.3, 0.4) is 0 Å². The third-order valence-electron chi connectivity index (χ3n) is 3.38. The van der Waals surface area contributed by atoms with Gasteiger partial charge < -0.3 is 4.74 Å². The SMILES string of the molecule is CCOc1ccc(C(Cl)c2cc3c(s2)CCSC3)cc1. The molecule has 0 bridgehead atoms. The highest BCUT2D eigenvalue weighted by Gasteiger charge is 2.19. The van der Waals surface area contributed by atoms with Gasteiger partial charge in [0.05, 0.1) is 12.0 Å². The summed E-state index contributed by atoms with van der Waals surface area (Å²) in [5, 5.41) is -0.0497. The molecule has 0 aliphatic carbocycles. The van der Waals surface area contributed by atoms with E-state index in [2.05, 4.69) is 18.2 Å². The lowest BCUT2D eigenvalue weighted by Gasteiger charge is -2.09. The number of fused-ring (bicyclic) bond motifs is 1. The van der Waals surface area contributed by atoms with Crippen molar-refractivity contribution in [2.24, 2.45) is 0 Å². The van der Waals surface area contributed by atoms with Crippen molar-refractivity contribution in [1.29, 1.82) is 0 Å². The molecule has 0 spiro atoms. The molecule has 4 heteroatoms. The average Bonchev–Trinajstić information content (AvgIpc) is 2.91. The lowest BCUT2D eigenvalue weighted by Crippen LogP contribution is -1.96. The topological polar surface area (TPSA) is 9.23 Å². The largest absolute Gasteiger partial charge is 0.494 e. The minimum Gasteiger partial charge on any atom is -0.494 e. The highest BCUT2D eigenvalue weighted by Crippen LogP contribution is 2.39. The second-order valence-electron chi connectivity index (χ2n) is 4.76. The zero-order chi connectivity index (χ0) is 13.9. The van der Waals surface area contributed by atoms with Crippen LogP contribution in [-0.4, -0.2) is 12.4 Å². The van der Waals surface area contributed by atoms with E-state index in [9.17, 15) is 0 Å². The third kappa shape index (κ3) is 3.00. The molecule has 1 aromatic heterocycles. The van der Waals surface area contributed by atoms with E-state index in [0.717, 1.165) is 17.1 Å². The Morgan fingerprint density at radius 1 is 1.30 bits per heavy atom. The van der Waals surface area contributed by atoms with Gasteiger partial charge in [-0.3, -0.25) is 0 Å². The van der Waals surface area contributed by atoms with Crippen molar-refractivity contribution in [3.8, 4) is 5.75 Å². The van der Waals surface area contributed by atoms with Gasteiger partial charge in [0.1, 0.15) is 5.75 Å². The van der Waals surface area contributed by atoms with Crippen molar-refractivity contribution in [2.75, 3.05) is 12.4 Å². The Morgan fingerprint density at radius 2 is 2.10 bits per heavy atom. The van der Waals surface area contributed by atoms with Gasteiger partial charge in [-0.25, -0.2) is 0 Å². The average molecular weight is 325 g/mol. The smallest absolute Gasteiger partial charge is 0.119 e. The van der Waals surface area contributed by atoms with E-state index >= 15 is 0 Å². The van der Waals surface area contributed by atoms with Crippen LogP contribution in [0.2, 0.25) is 0 Å². The van der Waals surface area contributed by atoms with Gasteiger partial charge in [-0.1, -0.05) is 12.1 Å². The minimum absolute atomic E-state index is 0.0497. The molecule has 0 saturated heterocycles. The standard InChI is InChI=1S/C16H17ClOS2/c1-2-18-13-5-3-11(4-6-13)16(17)15-9-12-10-19-8-7-14(12)20-15/h3-6,9,16H,2,7-8,10H2,1H3. The Kier molecular flexibility index (Phi) is 4.59. The number of halogens is 1. The third-order valence-corrected chi connectivity index (χ3v) is 6.31. The summed E-state index contributed by atoms with van der Waals surface area (Å²) in [6.07, 6.45) is 1.19. The Bertz CT molecular complexity index is 553. The number of aryl methyl sites for hydroxylation is 1. The molecule has 1 unspecified atom stereocenters. The van der Waals surface area contributed by atoms with Crippen molar-refractivity contribution >= 4 is 34.7 Å². The van der Waals surface area contributed by atoms with Crippen molar-refractivity contribution in [1.82, 2.24) is 0 Å². The quantitative estimate of drug-likeness (QED) is 0.709. The first-order valence-corrected chi connectivity index (χ1v) is 9.24. The van der Waals surface area contributed by atoms with Gasteiger partial charge in [0, 0.05) is 15.5 Å². The molecule has 0 amide bonds. The van der Waals surface area contributed by atoms with Crippen LogP contribution in [-0.2, 0) is 12.2 Å². The molecule has 3 rings (SSSR count). The minimum atomic E-state index is -0.0497. The molecule has 0 fully saturated rings. The fourth-order valence-corrected chi connectivity index (χ4v) is 5.08. The van der Waals surface area contributed by atoms with Gasteiger partial charge >= 0.3 is 0 Å². The summed E-state index contributed by atoms with van der Waals surface area (Å²) in [5.41, 5.74) is 2.62. The molecule has 0 saturated carbocycles. The summed E-state index contributed by atoms with van der Waals surface area (Å²) in [6.45, 7) is 2.69. The molecule has 2 heterocycles. The molecule has 106 valence electrons. The summed E-state index contributed by atoms with van der Waals surface area (Å²) in [6, 6.07) is 10.4. The number of alkyl halides is 1. The van der Waals surface area contributed by atoms with Crippen molar-refractivity contribution in [3.05, 3.63) is 51.2 Å². The number of benzene rings is 1. The normalized spacial score (nSPS) is 15.7.